The van der Waals surface area contributed by atoms with Crippen LogP contribution in [0.15, 0.2) is 36.2 Å². The molecule has 2 unspecified atom stereocenters. The number of thiophene rings is 1. The zero-order valence-electron chi connectivity index (χ0n) is 16.3. The molecule has 2 aromatic heterocycles. The van der Waals surface area contributed by atoms with E-state index in [1.165, 1.54) is 4.88 Å². The van der Waals surface area contributed by atoms with Crippen LogP contribution in [0, 0.1) is 5.92 Å². The predicted octanol–water partition coefficient (Wildman–Crippen LogP) is 2.89. The molecular formula is C19H24F3N3O4S. The van der Waals surface area contributed by atoms with Gasteiger partial charge in [-0.15, -0.1) is 11.3 Å². The van der Waals surface area contributed by atoms with Crippen LogP contribution in [-0.4, -0.2) is 70.2 Å². The van der Waals surface area contributed by atoms with Gasteiger partial charge in [0.05, 0.1) is 26.1 Å². The fourth-order valence-corrected chi connectivity index (χ4v) is 4.45. The Balaban J connectivity index is 0.000000318. The van der Waals surface area contributed by atoms with Gasteiger partial charge in [-0.3, -0.25) is 4.90 Å². The zero-order chi connectivity index (χ0) is 21.6. The lowest BCUT2D eigenvalue weighted by Gasteiger charge is -2.31. The summed E-state index contributed by atoms with van der Waals surface area (Å²) in [5.74, 6) is -2.22. The summed E-state index contributed by atoms with van der Waals surface area (Å²) in [5.41, 5.74) is -0.140. The third kappa shape index (κ3) is 6.53. The molecular weight excluding hydrogens is 423 g/mol. The molecule has 2 saturated heterocycles. The average molecular weight is 447 g/mol. The number of nitrogens with zero attached hydrogens (tertiary/aromatic N) is 3. The van der Waals surface area contributed by atoms with Gasteiger partial charge in [-0.05, 0) is 17.9 Å². The molecule has 0 radical (unpaired) electrons. The molecule has 30 heavy (non-hydrogen) atoms. The molecule has 1 spiro atoms. The van der Waals surface area contributed by atoms with E-state index in [1.807, 2.05) is 30.1 Å². The standard InChI is InChI=1S/C17H23N3O2S.C2HF3O2/c1-2-16(23-7-1)10-19-5-6-21-13-17(12-19)8-15(11-22-17)9-20-4-3-18-14-20;3-2(4,5)1(6)7/h1-4,7,14-15H,5-6,8-13H2;(H,6,7). The highest BCUT2D eigenvalue weighted by Crippen LogP contribution is 2.34. The van der Waals surface area contributed by atoms with Crippen LogP contribution in [0.25, 0.3) is 0 Å². The molecule has 166 valence electrons. The summed E-state index contributed by atoms with van der Waals surface area (Å²) < 4.78 is 46.0. The fourth-order valence-electron chi connectivity index (χ4n) is 3.70. The van der Waals surface area contributed by atoms with Gasteiger partial charge in [-0.25, -0.2) is 9.78 Å². The Bertz CT molecular complexity index is 786. The molecule has 2 aromatic rings. The van der Waals surface area contributed by atoms with Crippen LogP contribution in [0.5, 0.6) is 0 Å². The molecule has 2 atom stereocenters. The second-order valence-corrected chi connectivity index (χ2v) is 8.50. The van der Waals surface area contributed by atoms with Crippen LogP contribution in [0.3, 0.4) is 0 Å². The SMILES string of the molecule is O=C(O)C(F)(F)F.c1csc(CN2CCOCC3(CC(Cn4ccnc4)CO3)C2)c1. The first-order valence-corrected chi connectivity index (χ1v) is 10.4. The van der Waals surface area contributed by atoms with Crippen LogP contribution in [0.2, 0.25) is 0 Å². The van der Waals surface area contributed by atoms with E-state index in [9.17, 15) is 13.2 Å². The van der Waals surface area contributed by atoms with Gasteiger partial charge < -0.3 is 19.1 Å². The van der Waals surface area contributed by atoms with Crippen LogP contribution >= 0.6 is 11.3 Å². The van der Waals surface area contributed by atoms with E-state index >= 15 is 0 Å². The molecule has 2 aliphatic rings. The Labute approximate surface area is 176 Å². The van der Waals surface area contributed by atoms with Gasteiger partial charge in [0.15, 0.2) is 0 Å². The number of carboxylic acids is 1. The number of imidazole rings is 1. The summed E-state index contributed by atoms with van der Waals surface area (Å²) in [6.07, 6.45) is 1.73. The number of hydrogen-bond donors (Lipinski definition) is 1. The summed E-state index contributed by atoms with van der Waals surface area (Å²) in [7, 11) is 0. The Morgan fingerprint density at radius 2 is 2.23 bits per heavy atom. The van der Waals surface area contributed by atoms with Crippen molar-refractivity contribution >= 4 is 17.3 Å². The highest BCUT2D eigenvalue weighted by atomic mass is 32.1. The third-order valence-electron chi connectivity index (χ3n) is 4.94. The van der Waals surface area contributed by atoms with Crippen molar-refractivity contribution in [2.75, 3.05) is 32.9 Å². The number of carboxylic acid groups (broad SMARTS) is 1. The summed E-state index contributed by atoms with van der Waals surface area (Å²) in [4.78, 5) is 16.9. The van der Waals surface area contributed by atoms with Crippen LogP contribution < -0.4 is 0 Å². The number of rotatable bonds is 4. The van der Waals surface area contributed by atoms with Crippen molar-refractivity contribution in [2.24, 2.45) is 5.92 Å². The topological polar surface area (TPSA) is 76.8 Å². The normalized spacial score (nSPS) is 25.0. The monoisotopic (exact) mass is 447 g/mol. The molecule has 1 N–H and O–H groups in total. The molecule has 0 bridgehead atoms. The van der Waals surface area contributed by atoms with Crippen molar-refractivity contribution in [3.8, 4) is 0 Å². The number of alkyl halides is 3. The first-order chi connectivity index (χ1) is 14.3. The number of carbonyl (C=O) groups is 1. The predicted molar refractivity (Wildman–Crippen MR) is 103 cm³/mol. The lowest BCUT2D eigenvalue weighted by molar-refractivity contribution is -0.192. The van der Waals surface area contributed by atoms with E-state index in [4.69, 9.17) is 19.4 Å². The van der Waals surface area contributed by atoms with Crippen molar-refractivity contribution in [1.82, 2.24) is 14.5 Å². The number of hydrogen-bond acceptors (Lipinski definition) is 6. The van der Waals surface area contributed by atoms with Gasteiger partial charge in [0.25, 0.3) is 0 Å². The fraction of sp³-hybridized carbons (Fsp3) is 0.579. The summed E-state index contributed by atoms with van der Waals surface area (Å²) in [6.45, 7) is 6.25. The number of aliphatic carboxylic acids is 1. The van der Waals surface area contributed by atoms with E-state index in [1.54, 1.807) is 0 Å². The lowest BCUT2D eigenvalue weighted by Crippen LogP contribution is -2.43. The van der Waals surface area contributed by atoms with Crippen molar-refractivity contribution in [3.05, 3.63) is 41.1 Å². The zero-order valence-corrected chi connectivity index (χ0v) is 17.1. The third-order valence-corrected chi connectivity index (χ3v) is 5.81. The molecule has 11 heteroatoms. The Hall–Kier alpha value is -1.95. The van der Waals surface area contributed by atoms with Gasteiger partial charge in [0, 0.05) is 49.4 Å². The van der Waals surface area contributed by atoms with E-state index < -0.39 is 12.1 Å². The smallest absolute Gasteiger partial charge is 0.475 e. The van der Waals surface area contributed by atoms with E-state index in [-0.39, 0.29) is 5.60 Å². The minimum absolute atomic E-state index is 0.140. The number of ether oxygens (including phenoxy) is 2. The summed E-state index contributed by atoms with van der Waals surface area (Å²) >= 11 is 1.82. The highest BCUT2D eigenvalue weighted by Gasteiger charge is 2.43. The number of aromatic nitrogens is 2. The Kier molecular flexibility index (Phi) is 7.50. The molecule has 0 aliphatic carbocycles. The molecule has 0 saturated carbocycles. The molecule has 7 nitrogen and oxygen atoms in total. The second kappa shape index (κ2) is 9.90. The number of halogens is 3. The molecule has 4 heterocycles. The summed E-state index contributed by atoms with van der Waals surface area (Å²) in [5, 5.41) is 9.27. The Morgan fingerprint density at radius 3 is 2.87 bits per heavy atom. The minimum atomic E-state index is -5.08. The molecule has 4 rings (SSSR count). The quantitative estimate of drug-likeness (QED) is 0.777. The summed E-state index contributed by atoms with van der Waals surface area (Å²) in [6, 6.07) is 4.33. The van der Waals surface area contributed by atoms with Crippen molar-refractivity contribution in [3.63, 3.8) is 0 Å². The van der Waals surface area contributed by atoms with Gasteiger partial charge in [-0.2, -0.15) is 13.2 Å². The maximum atomic E-state index is 10.6. The second-order valence-electron chi connectivity index (χ2n) is 7.47. The van der Waals surface area contributed by atoms with Gasteiger partial charge in [0.2, 0.25) is 0 Å². The van der Waals surface area contributed by atoms with E-state index in [0.717, 1.165) is 45.8 Å². The highest BCUT2D eigenvalue weighted by molar-refractivity contribution is 7.09. The largest absolute Gasteiger partial charge is 0.490 e. The van der Waals surface area contributed by atoms with Crippen LogP contribution in [-0.2, 0) is 27.4 Å². The molecule has 0 aromatic carbocycles. The van der Waals surface area contributed by atoms with Gasteiger partial charge in [0.1, 0.15) is 5.60 Å². The average Bonchev–Trinajstić information content (AvgIpc) is 3.40. The molecule has 2 fully saturated rings. The van der Waals surface area contributed by atoms with Crippen molar-refractivity contribution in [1.29, 1.82) is 0 Å². The molecule has 0 amide bonds. The van der Waals surface area contributed by atoms with Crippen LogP contribution in [0.4, 0.5) is 13.2 Å². The van der Waals surface area contributed by atoms with Gasteiger partial charge in [-0.1, -0.05) is 6.07 Å². The van der Waals surface area contributed by atoms with E-state index in [0.29, 0.717) is 12.5 Å². The van der Waals surface area contributed by atoms with Crippen molar-refractivity contribution in [2.45, 2.75) is 31.3 Å². The molecule has 2 aliphatic heterocycles. The van der Waals surface area contributed by atoms with Gasteiger partial charge >= 0.3 is 12.1 Å². The van der Waals surface area contributed by atoms with E-state index in [2.05, 4.69) is 32.0 Å². The maximum Gasteiger partial charge on any atom is 0.490 e. The first-order valence-electron chi connectivity index (χ1n) is 9.48. The minimum Gasteiger partial charge on any atom is -0.475 e. The van der Waals surface area contributed by atoms with Crippen molar-refractivity contribution < 1.29 is 32.5 Å². The Morgan fingerprint density at radius 1 is 1.43 bits per heavy atom. The maximum absolute atomic E-state index is 10.6. The van der Waals surface area contributed by atoms with Crippen LogP contribution in [0.1, 0.15) is 11.3 Å². The first kappa shape index (κ1) is 22.7. The lowest BCUT2D eigenvalue weighted by atomic mass is 9.94.